The second-order valence-corrected chi connectivity index (χ2v) is 3.86. The van der Waals surface area contributed by atoms with E-state index in [0.717, 1.165) is 19.1 Å². The molecule has 2 unspecified atom stereocenters. The van der Waals surface area contributed by atoms with E-state index in [9.17, 15) is 0 Å². The van der Waals surface area contributed by atoms with Crippen LogP contribution in [0, 0.1) is 5.92 Å². The Balaban J connectivity index is 3.38. The van der Waals surface area contributed by atoms with Gasteiger partial charge in [-0.05, 0) is 19.3 Å². The third-order valence-corrected chi connectivity index (χ3v) is 2.64. The summed E-state index contributed by atoms with van der Waals surface area (Å²) in [5.41, 5.74) is 0. The number of ether oxygens (including phenoxy) is 1. The molecule has 2 heteroatoms. The molecule has 0 amide bonds. The second-order valence-electron chi connectivity index (χ2n) is 3.86. The highest BCUT2D eigenvalue weighted by molar-refractivity contribution is 4.67. The standard InChI is InChI=1S/C11H25NO/c1-5-6-7-10(2)11(3)12-8-9-13-4/h10-12H,5-9H2,1-4H3. The number of unbranched alkanes of at least 4 members (excludes halogenated alkanes) is 1. The largest absolute Gasteiger partial charge is 0.383 e. The van der Waals surface area contributed by atoms with E-state index in [-0.39, 0.29) is 0 Å². The first-order chi connectivity index (χ1) is 6.22. The Morgan fingerprint density at radius 2 is 2.00 bits per heavy atom. The molecule has 0 bridgehead atoms. The predicted octanol–water partition coefficient (Wildman–Crippen LogP) is 2.44. The first-order valence-electron chi connectivity index (χ1n) is 5.44. The first-order valence-corrected chi connectivity index (χ1v) is 5.44. The Hall–Kier alpha value is -0.0800. The van der Waals surface area contributed by atoms with Gasteiger partial charge in [0, 0.05) is 19.7 Å². The molecule has 0 radical (unpaired) electrons. The summed E-state index contributed by atoms with van der Waals surface area (Å²) in [5, 5.41) is 3.47. The summed E-state index contributed by atoms with van der Waals surface area (Å²) >= 11 is 0. The highest BCUT2D eigenvalue weighted by Gasteiger charge is 2.09. The lowest BCUT2D eigenvalue weighted by atomic mass is 9.97. The average molecular weight is 187 g/mol. The van der Waals surface area contributed by atoms with Crippen molar-refractivity contribution in [1.82, 2.24) is 5.32 Å². The van der Waals surface area contributed by atoms with E-state index in [1.807, 2.05) is 0 Å². The van der Waals surface area contributed by atoms with Gasteiger partial charge in [-0.2, -0.15) is 0 Å². The lowest BCUT2D eigenvalue weighted by Crippen LogP contribution is -2.34. The molecule has 0 rings (SSSR count). The van der Waals surface area contributed by atoms with Gasteiger partial charge >= 0.3 is 0 Å². The van der Waals surface area contributed by atoms with Crippen molar-refractivity contribution in [3.63, 3.8) is 0 Å². The fourth-order valence-electron chi connectivity index (χ4n) is 1.37. The van der Waals surface area contributed by atoms with Gasteiger partial charge in [-0.1, -0.05) is 26.7 Å². The minimum Gasteiger partial charge on any atom is -0.383 e. The summed E-state index contributed by atoms with van der Waals surface area (Å²) < 4.78 is 4.99. The van der Waals surface area contributed by atoms with E-state index in [1.54, 1.807) is 7.11 Å². The smallest absolute Gasteiger partial charge is 0.0587 e. The van der Waals surface area contributed by atoms with Gasteiger partial charge in [-0.25, -0.2) is 0 Å². The highest BCUT2D eigenvalue weighted by Crippen LogP contribution is 2.11. The van der Waals surface area contributed by atoms with Gasteiger partial charge in [0.2, 0.25) is 0 Å². The van der Waals surface area contributed by atoms with Crippen LogP contribution >= 0.6 is 0 Å². The topological polar surface area (TPSA) is 21.3 Å². The average Bonchev–Trinajstić information content (AvgIpc) is 2.14. The van der Waals surface area contributed by atoms with Crippen LogP contribution in [0.25, 0.3) is 0 Å². The Kier molecular flexibility index (Phi) is 8.46. The third-order valence-electron chi connectivity index (χ3n) is 2.64. The van der Waals surface area contributed by atoms with E-state index >= 15 is 0 Å². The van der Waals surface area contributed by atoms with Crippen LogP contribution in [-0.2, 0) is 4.74 Å². The number of methoxy groups -OCH3 is 1. The summed E-state index contributed by atoms with van der Waals surface area (Å²) in [6, 6.07) is 0.613. The maximum absolute atomic E-state index is 4.99. The summed E-state index contributed by atoms with van der Waals surface area (Å²) in [7, 11) is 1.74. The van der Waals surface area contributed by atoms with Gasteiger partial charge in [0.05, 0.1) is 6.61 Å². The van der Waals surface area contributed by atoms with Crippen LogP contribution in [-0.4, -0.2) is 26.3 Å². The molecular formula is C11H25NO. The van der Waals surface area contributed by atoms with Crippen LogP contribution in [0.2, 0.25) is 0 Å². The normalized spacial score (nSPS) is 15.7. The summed E-state index contributed by atoms with van der Waals surface area (Å²) in [4.78, 5) is 0. The molecule has 0 aromatic heterocycles. The molecule has 0 fully saturated rings. The molecule has 0 aliphatic rings. The molecule has 0 aliphatic heterocycles. The van der Waals surface area contributed by atoms with Crippen LogP contribution in [0.3, 0.4) is 0 Å². The van der Waals surface area contributed by atoms with Crippen molar-refractivity contribution in [2.24, 2.45) is 5.92 Å². The van der Waals surface area contributed by atoms with E-state index < -0.39 is 0 Å². The number of hydrogen-bond donors (Lipinski definition) is 1. The molecule has 2 nitrogen and oxygen atoms in total. The molecule has 2 atom stereocenters. The predicted molar refractivity (Wildman–Crippen MR) is 58.0 cm³/mol. The second kappa shape index (κ2) is 8.52. The summed E-state index contributed by atoms with van der Waals surface area (Å²) in [5.74, 6) is 0.775. The van der Waals surface area contributed by atoms with Crippen molar-refractivity contribution in [2.75, 3.05) is 20.3 Å². The zero-order valence-electron chi connectivity index (χ0n) is 9.60. The Bertz CT molecular complexity index is 106. The van der Waals surface area contributed by atoms with E-state index in [2.05, 4.69) is 26.1 Å². The Labute approximate surface area is 83.1 Å². The first kappa shape index (κ1) is 12.9. The number of nitrogens with one attached hydrogen (secondary N) is 1. The maximum Gasteiger partial charge on any atom is 0.0587 e. The summed E-state index contributed by atoms with van der Waals surface area (Å²) in [6.07, 6.45) is 3.98. The molecule has 13 heavy (non-hydrogen) atoms. The van der Waals surface area contributed by atoms with Gasteiger partial charge in [0.1, 0.15) is 0 Å². The van der Waals surface area contributed by atoms with Gasteiger partial charge in [0.25, 0.3) is 0 Å². The van der Waals surface area contributed by atoms with Gasteiger partial charge < -0.3 is 10.1 Å². The minimum absolute atomic E-state index is 0.613. The molecular weight excluding hydrogens is 162 g/mol. The van der Waals surface area contributed by atoms with E-state index in [1.165, 1.54) is 19.3 Å². The van der Waals surface area contributed by atoms with Gasteiger partial charge in [-0.3, -0.25) is 0 Å². The highest BCUT2D eigenvalue weighted by atomic mass is 16.5. The van der Waals surface area contributed by atoms with Crippen molar-refractivity contribution < 1.29 is 4.74 Å². The van der Waals surface area contributed by atoms with E-state index in [4.69, 9.17) is 4.74 Å². The molecule has 0 spiro atoms. The molecule has 0 saturated carbocycles. The summed E-state index contributed by atoms with van der Waals surface area (Å²) in [6.45, 7) is 8.60. The maximum atomic E-state index is 4.99. The lowest BCUT2D eigenvalue weighted by molar-refractivity contribution is 0.192. The number of hydrogen-bond acceptors (Lipinski definition) is 2. The fourth-order valence-corrected chi connectivity index (χ4v) is 1.37. The van der Waals surface area contributed by atoms with Crippen molar-refractivity contribution in [3.8, 4) is 0 Å². The van der Waals surface area contributed by atoms with Crippen LogP contribution in [0.15, 0.2) is 0 Å². The molecule has 0 aromatic carbocycles. The molecule has 80 valence electrons. The van der Waals surface area contributed by atoms with Crippen LogP contribution in [0.5, 0.6) is 0 Å². The third kappa shape index (κ3) is 7.03. The van der Waals surface area contributed by atoms with Gasteiger partial charge in [0.15, 0.2) is 0 Å². The van der Waals surface area contributed by atoms with E-state index in [0.29, 0.717) is 6.04 Å². The SMILES string of the molecule is CCCCC(C)C(C)NCCOC. The van der Waals surface area contributed by atoms with Crippen molar-refractivity contribution in [3.05, 3.63) is 0 Å². The Morgan fingerprint density at radius 1 is 1.31 bits per heavy atom. The molecule has 0 aromatic rings. The zero-order chi connectivity index (χ0) is 10.1. The molecule has 0 saturated heterocycles. The zero-order valence-corrected chi connectivity index (χ0v) is 9.60. The van der Waals surface area contributed by atoms with Crippen LogP contribution in [0.1, 0.15) is 40.0 Å². The van der Waals surface area contributed by atoms with Crippen LogP contribution in [0.4, 0.5) is 0 Å². The van der Waals surface area contributed by atoms with Gasteiger partial charge in [-0.15, -0.1) is 0 Å². The number of rotatable bonds is 8. The van der Waals surface area contributed by atoms with Crippen molar-refractivity contribution >= 4 is 0 Å². The molecule has 1 N–H and O–H groups in total. The Morgan fingerprint density at radius 3 is 2.54 bits per heavy atom. The monoisotopic (exact) mass is 187 g/mol. The molecule has 0 heterocycles. The van der Waals surface area contributed by atoms with Crippen molar-refractivity contribution in [1.29, 1.82) is 0 Å². The van der Waals surface area contributed by atoms with Crippen molar-refractivity contribution in [2.45, 2.75) is 46.1 Å². The van der Waals surface area contributed by atoms with Crippen LogP contribution < -0.4 is 5.32 Å². The minimum atomic E-state index is 0.613. The fraction of sp³-hybridized carbons (Fsp3) is 1.00. The quantitative estimate of drug-likeness (QED) is 0.589. The molecule has 0 aliphatic carbocycles. The lowest BCUT2D eigenvalue weighted by Gasteiger charge is -2.20.